The van der Waals surface area contributed by atoms with Gasteiger partial charge in [-0.3, -0.25) is 4.79 Å². The van der Waals surface area contributed by atoms with Gasteiger partial charge in [-0.25, -0.2) is 9.97 Å². The number of nitrogens with zero attached hydrogens (tertiary/aromatic N) is 3. The third-order valence-electron chi connectivity index (χ3n) is 5.39. The van der Waals surface area contributed by atoms with Crippen molar-refractivity contribution >= 4 is 33.7 Å². The van der Waals surface area contributed by atoms with E-state index in [1.54, 1.807) is 0 Å². The summed E-state index contributed by atoms with van der Waals surface area (Å²) in [5, 5.41) is 4.07. The molecular weight excluding hydrogens is 378 g/mol. The number of para-hydroxylation sites is 1. The predicted molar refractivity (Wildman–Crippen MR) is 121 cm³/mol. The SMILES string of the molecule is CCCCCC(=O)NCCCC(COCC)n1cnc2c(N)nc3ccccc3c21. The highest BCUT2D eigenvalue weighted by Crippen LogP contribution is 2.30. The van der Waals surface area contributed by atoms with Gasteiger partial charge in [-0.05, 0) is 32.3 Å². The zero-order chi connectivity index (χ0) is 21.3. The molecule has 0 aliphatic carbocycles. The van der Waals surface area contributed by atoms with Crippen LogP contribution in [0.15, 0.2) is 30.6 Å². The largest absolute Gasteiger partial charge is 0.382 e. The standard InChI is InChI=1S/C23H33N5O2/c1-3-5-6-13-20(29)25-14-9-10-17(15-30-4-2)28-16-26-21-22(28)18-11-7-8-12-19(18)27-23(21)24/h7-8,11-12,16-17H,3-6,9-10,13-15H2,1-2H3,(H2,24,27)(H,25,29). The minimum absolute atomic E-state index is 0.108. The highest BCUT2D eigenvalue weighted by molar-refractivity contribution is 6.06. The number of aromatic nitrogens is 3. The Balaban J connectivity index is 1.74. The summed E-state index contributed by atoms with van der Waals surface area (Å²) in [6, 6.07) is 8.09. The normalized spacial score (nSPS) is 12.5. The van der Waals surface area contributed by atoms with Crippen LogP contribution in [0.2, 0.25) is 0 Å². The van der Waals surface area contributed by atoms with E-state index in [9.17, 15) is 4.79 Å². The Morgan fingerprint density at radius 1 is 1.23 bits per heavy atom. The van der Waals surface area contributed by atoms with Crippen molar-refractivity contribution in [3.8, 4) is 0 Å². The Bertz CT molecular complexity index is 969. The third kappa shape index (κ3) is 5.27. The molecule has 1 amide bonds. The highest BCUT2D eigenvalue weighted by atomic mass is 16.5. The number of hydrogen-bond acceptors (Lipinski definition) is 5. The topological polar surface area (TPSA) is 95.1 Å². The molecule has 3 rings (SSSR count). The van der Waals surface area contributed by atoms with Gasteiger partial charge in [-0.15, -0.1) is 0 Å². The second-order valence-corrected chi connectivity index (χ2v) is 7.63. The van der Waals surface area contributed by atoms with Gasteiger partial charge in [0.1, 0.15) is 5.52 Å². The van der Waals surface area contributed by atoms with Gasteiger partial charge in [0.15, 0.2) is 5.82 Å². The molecule has 3 N–H and O–H groups in total. The van der Waals surface area contributed by atoms with Crippen molar-refractivity contribution in [3.05, 3.63) is 30.6 Å². The molecule has 1 aromatic carbocycles. The van der Waals surface area contributed by atoms with E-state index in [0.717, 1.165) is 54.0 Å². The van der Waals surface area contributed by atoms with E-state index in [1.807, 2.05) is 31.5 Å². The number of nitrogens with one attached hydrogen (secondary N) is 1. The molecule has 3 aromatic rings. The first-order valence-corrected chi connectivity index (χ1v) is 11.0. The summed E-state index contributed by atoms with van der Waals surface area (Å²) in [6.07, 6.45) is 7.37. The van der Waals surface area contributed by atoms with Crippen LogP contribution in [0, 0.1) is 0 Å². The molecule has 30 heavy (non-hydrogen) atoms. The molecule has 7 nitrogen and oxygen atoms in total. The van der Waals surface area contributed by atoms with Gasteiger partial charge in [0, 0.05) is 25.0 Å². The second-order valence-electron chi connectivity index (χ2n) is 7.63. The molecule has 0 radical (unpaired) electrons. The van der Waals surface area contributed by atoms with Crippen LogP contribution in [0.5, 0.6) is 0 Å². The molecule has 7 heteroatoms. The number of ether oxygens (including phenoxy) is 1. The number of unbranched alkanes of at least 4 members (excludes halogenated alkanes) is 2. The fourth-order valence-corrected chi connectivity index (χ4v) is 3.79. The van der Waals surface area contributed by atoms with Crippen LogP contribution in [-0.2, 0) is 9.53 Å². The van der Waals surface area contributed by atoms with Crippen molar-refractivity contribution in [3.63, 3.8) is 0 Å². The Morgan fingerprint density at radius 3 is 2.87 bits per heavy atom. The maximum absolute atomic E-state index is 12.0. The van der Waals surface area contributed by atoms with Crippen LogP contribution in [0.4, 0.5) is 5.82 Å². The third-order valence-corrected chi connectivity index (χ3v) is 5.39. The van der Waals surface area contributed by atoms with Gasteiger partial charge < -0.3 is 20.4 Å². The summed E-state index contributed by atoms with van der Waals surface area (Å²) in [6.45, 7) is 6.05. The van der Waals surface area contributed by atoms with E-state index in [-0.39, 0.29) is 11.9 Å². The average molecular weight is 412 g/mol. The Kier molecular flexibility index (Phi) is 8.02. The molecule has 162 valence electrons. The molecule has 0 aliphatic rings. The van der Waals surface area contributed by atoms with Crippen LogP contribution in [0.3, 0.4) is 0 Å². The van der Waals surface area contributed by atoms with E-state index >= 15 is 0 Å². The van der Waals surface area contributed by atoms with Gasteiger partial charge in [-0.1, -0.05) is 38.0 Å². The van der Waals surface area contributed by atoms with E-state index in [2.05, 4.69) is 32.8 Å². The number of amides is 1. The first-order chi connectivity index (χ1) is 14.7. The molecule has 0 saturated carbocycles. The summed E-state index contributed by atoms with van der Waals surface area (Å²) < 4.78 is 7.93. The lowest BCUT2D eigenvalue weighted by Gasteiger charge is -2.20. The van der Waals surface area contributed by atoms with E-state index in [1.165, 1.54) is 0 Å². The number of carbonyl (C=O) groups is 1. The van der Waals surface area contributed by atoms with Crippen LogP contribution >= 0.6 is 0 Å². The van der Waals surface area contributed by atoms with Crippen LogP contribution in [0.25, 0.3) is 21.9 Å². The van der Waals surface area contributed by atoms with Gasteiger partial charge in [0.2, 0.25) is 5.91 Å². The quantitative estimate of drug-likeness (QED) is 0.435. The maximum atomic E-state index is 12.0. The Labute approximate surface area is 178 Å². The van der Waals surface area contributed by atoms with Crippen LogP contribution in [0.1, 0.15) is 58.4 Å². The fourth-order valence-electron chi connectivity index (χ4n) is 3.79. The molecule has 0 bridgehead atoms. The summed E-state index contributed by atoms with van der Waals surface area (Å²) >= 11 is 0. The first kappa shape index (κ1) is 22.0. The lowest BCUT2D eigenvalue weighted by atomic mass is 10.1. The predicted octanol–water partition coefficient (Wildman–Crippen LogP) is 4.22. The molecular formula is C23H33N5O2. The monoisotopic (exact) mass is 411 g/mol. The van der Waals surface area contributed by atoms with Crippen molar-refractivity contribution in [2.75, 3.05) is 25.5 Å². The average Bonchev–Trinajstić information content (AvgIpc) is 3.19. The molecule has 1 unspecified atom stereocenters. The summed E-state index contributed by atoms with van der Waals surface area (Å²) in [7, 11) is 0. The fraction of sp³-hybridized carbons (Fsp3) is 0.522. The molecule has 2 heterocycles. The van der Waals surface area contributed by atoms with Crippen molar-refractivity contribution in [1.29, 1.82) is 0 Å². The summed E-state index contributed by atoms with van der Waals surface area (Å²) in [5.41, 5.74) is 8.75. The van der Waals surface area contributed by atoms with Gasteiger partial charge in [0.05, 0.1) is 30.0 Å². The number of nitrogen functional groups attached to an aromatic ring is 1. The molecule has 1 atom stereocenters. The molecule has 0 aliphatic heterocycles. The molecule has 0 spiro atoms. The number of carbonyl (C=O) groups excluding carboxylic acids is 1. The lowest BCUT2D eigenvalue weighted by Crippen LogP contribution is -2.25. The van der Waals surface area contributed by atoms with Crippen molar-refractivity contribution < 1.29 is 9.53 Å². The number of anilines is 1. The number of fused-ring (bicyclic) bond motifs is 3. The van der Waals surface area contributed by atoms with Crippen LogP contribution in [-0.4, -0.2) is 40.2 Å². The number of pyridine rings is 1. The molecule has 2 aromatic heterocycles. The van der Waals surface area contributed by atoms with Gasteiger partial charge in [-0.2, -0.15) is 0 Å². The number of benzene rings is 1. The number of hydrogen-bond donors (Lipinski definition) is 2. The molecule has 0 saturated heterocycles. The number of nitrogens with two attached hydrogens (primary N) is 1. The van der Waals surface area contributed by atoms with Crippen molar-refractivity contribution in [2.24, 2.45) is 0 Å². The van der Waals surface area contributed by atoms with Crippen molar-refractivity contribution in [2.45, 2.75) is 58.4 Å². The van der Waals surface area contributed by atoms with E-state index in [0.29, 0.717) is 32.0 Å². The molecule has 0 fully saturated rings. The van der Waals surface area contributed by atoms with Crippen LogP contribution < -0.4 is 11.1 Å². The second kappa shape index (κ2) is 10.9. The van der Waals surface area contributed by atoms with Crippen molar-refractivity contribution in [1.82, 2.24) is 19.9 Å². The summed E-state index contributed by atoms with van der Waals surface area (Å²) in [5.74, 6) is 0.583. The lowest BCUT2D eigenvalue weighted by molar-refractivity contribution is -0.121. The number of rotatable bonds is 12. The zero-order valence-corrected chi connectivity index (χ0v) is 18.1. The van der Waals surface area contributed by atoms with E-state index < -0.39 is 0 Å². The Morgan fingerprint density at radius 2 is 2.07 bits per heavy atom. The summed E-state index contributed by atoms with van der Waals surface area (Å²) in [4.78, 5) is 21.0. The maximum Gasteiger partial charge on any atom is 0.219 e. The van der Waals surface area contributed by atoms with E-state index in [4.69, 9.17) is 10.5 Å². The minimum Gasteiger partial charge on any atom is -0.382 e. The van der Waals surface area contributed by atoms with Gasteiger partial charge in [0.25, 0.3) is 0 Å². The zero-order valence-electron chi connectivity index (χ0n) is 18.1. The van der Waals surface area contributed by atoms with Gasteiger partial charge >= 0.3 is 0 Å². The minimum atomic E-state index is 0.108. The smallest absolute Gasteiger partial charge is 0.219 e. The Hall–Kier alpha value is -2.67. The number of imidazole rings is 1. The first-order valence-electron chi connectivity index (χ1n) is 11.0. The highest BCUT2D eigenvalue weighted by Gasteiger charge is 2.18.